The molecule has 1 unspecified atom stereocenters. The molecule has 0 saturated carbocycles. The van der Waals surface area contributed by atoms with Gasteiger partial charge in [-0.3, -0.25) is 4.79 Å². The number of hydrogen-bond donors (Lipinski definition) is 2. The second-order valence-electron chi connectivity index (χ2n) is 2.41. The monoisotopic (exact) mass is 166 g/mol. The van der Waals surface area contributed by atoms with Crippen LogP contribution in [0.4, 0.5) is 0 Å². The molecule has 0 spiro atoms. The van der Waals surface area contributed by atoms with Gasteiger partial charge in [-0.15, -0.1) is 0 Å². The zero-order valence-corrected chi connectivity index (χ0v) is 6.47. The van der Waals surface area contributed by atoms with Gasteiger partial charge in [-0.25, -0.2) is 0 Å². The van der Waals surface area contributed by atoms with E-state index in [2.05, 4.69) is 10.5 Å². The number of rotatable bonds is 2. The average molecular weight is 166 g/mol. The Hall–Kier alpha value is -1.58. The zero-order chi connectivity index (χ0) is 8.81. The summed E-state index contributed by atoms with van der Waals surface area (Å²) in [7, 11) is 0. The van der Waals surface area contributed by atoms with Crippen molar-refractivity contribution in [3.63, 3.8) is 0 Å². The van der Waals surface area contributed by atoms with Gasteiger partial charge in [-0.05, 0) is 6.42 Å². The van der Waals surface area contributed by atoms with Gasteiger partial charge in [0, 0.05) is 0 Å². The molecule has 1 aliphatic rings. The molecule has 0 heterocycles. The molecule has 1 aliphatic carbocycles. The minimum Gasteiger partial charge on any atom is -0.411 e. The minimum atomic E-state index is -0.387. The van der Waals surface area contributed by atoms with E-state index in [9.17, 15) is 4.79 Å². The van der Waals surface area contributed by atoms with E-state index in [4.69, 9.17) is 5.21 Å². The molecule has 4 heteroatoms. The van der Waals surface area contributed by atoms with Crippen LogP contribution >= 0.6 is 0 Å². The van der Waals surface area contributed by atoms with Gasteiger partial charge in [0.15, 0.2) is 0 Å². The SMILES string of the molecule is O=C(/C=N/O)NC1C=CC=CC1. The zero-order valence-electron chi connectivity index (χ0n) is 6.47. The van der Waals surface area contributed by atoms with Gasteiger partial charge in [-0.2, -0.15) is 0 Å². The Bertz CT molecular complexity index is 243. The predicted octanol–water partition coefficient (Wildman–Crippen LogP) is 0.447. The highest BCUT2D eigenvalue weighted by Gasteiger charge is 2.06. The summed E-state index contributed by atoms with van der Waals surface area (Å²) in [5.41, 5.74) is 0. The molecular weight excluding hydrogens is 156 g/mol. The Morgan fingerprint density at radius 1 is 1.67 bits per heavy atom. The molecule has 64 valence electrons. The molecule has 0 aromatic rings. The fourth-order valence-electron chi connectivity index (χ4n) is 0.960. The summed E-state index contributed by atoms with van der Waals surface area (Å²) in [5, 5.41) is 13.3. The Balaban J connectivity index is 2.36. The van der Waals surface area contributed by atoms with Crippen LogP contribution in [0.25, 0.3) is 0 Å². The normalized spacial score (nSPS) is 21.5. The molecule has 0 bridgehead atoms. The van der Waals surface area contributed by atoms with Crippen LogP contribution in [0.3, 0.4) is 0 Å². The fraction of sp³-hybridized carbons (Fsp3) is 0.250. The Kier molecular flexibility index (Phi) is 3.07. The smallest absolute Gasteiger partial charge is 0.266 e. The lowest BCUT2D eigenvalue weighted by Crippen LogP contribution is -2.34. The minimum absolute atomic E-state index is 0.0144. The number of nitrogens with zero attached hydrogens (tertiary/aromatic N) is 1. The van der Waals surface area contributed by atoms with E-state index < -0.39 is 0 Å². The summed E-state index contributed by atoms with van der Waals surface area (Å²) >= 11 is 0. The van der Waals surface area contributed by atoms with Crippen molar-refractivity contribution in [1.82, 2.24) is 5.32 Å². The molecule has 0 aromatic carbocycles. The number of amides is 1. The van der Waals surface area contributed by atoms with E-state index in [0.717, 1.165) is 12.6 Å². The maximum absolute atomic E-state index is 10.8. The molecule has 1 rings (SSSR count). The number of oxime groups is 1. The van der Waals surface area contributed by atoms with Gasteiger partial charge in [0.25, 0.3) is 5.91 Å². The van der Waals surface area contributed by atoms with E-state index in [1.54, 1.807) is 0 Å². The Morgan fingerprint density at radius 3 is 3.08 bits per heavy atom. The largest absolute Gasteiger partial charge is 0.411 e. The van der Waals surface area contributed by atoms with Crippen LogP contribution < -0.4 is 5.32 Å². The lowest BCUT2D eigenvalue weighted by atomic mass is 10.1. The molecular formula is C8H10N2O2. The predicted molar refractivity (Wildman–Crippen MR) is 45.1 cm³/mol. The van der Waals surface area contributed by atoms with Crippen LogP contribution in [0, 0.1) is 0 Å². The van der Waals surface area contributed by atoms with Crippen molar-refractivity contribution in [2.24, 2.45) is 5.16 Å². The van der Waals surface area contributed by atoms with E-state index in [1.165, 1.54) is 0 Å². The summed E-state index contributed by atoms with van der Waals surface area (Å²) in [6.45, 7) is 0. The molecule has 0 aliphatic heterocycles. The molecule has 0 aromatic heterocycles. The van der Waals surface area contributed by atoms with Crippen LogP contribution in [0.1, 0.15) is 6.42 Å². The lowest BCUT2D eigenvalue weighted by Gasteiger charge is -2.12. The van der Waals surface area contributed by atoms with Crippen LogP contribution in [0.2, 0.25) is 0 Å². The van der Waals surface area contributed by atoms with Crippen LogP contribution in [0.15, 0.2) is 29.5 Å². The number of allylic oxidation sites excluding steroid dienone is 2. The van der Waals surface area contributed by atoms with Crippen molar-refractivity contribution in [3.05, 3.63) is 24.3 Å². The molecule has 0 radical (unpaired) electrons. The first-order valence-electron chi connectivity index (χ1n) is 3.64. The third kappa shape index (κ3) is 2.57. The molecule has 1 amide bonds. The van der Waals surface area contributed by atoms with Gasteiger partial charge in [0.2, 0.25) is 0 Å². The molecule has 4 nitrogen and oxygen atoms in total. The highest BCUT2D eigenvalue weighted by Crippen LogP contribution is 2.01. The van der Waals surface area contributed by atoms with Gasteiger partial charge >= 0.3 is 0 Å². The van der Waals surface area contributed by atoms with Gasteiger partial charge in [0.05, 0.1) is 6.04 Å². The number of carbonyl (C=O) groups is 1. The van der Waals surface area contributed by atoms with Crippen LogP contribution in [0.5, 0.6) is 0 Å². The topological polar surface area (TPSA) is 61.7 Å². The third-order valence-electron chi connectivity index (χ3n) is 1.48. The highest BCUT2D eigenvalue weighted by molar-refractivity contribution is 6.26. The Labute approximate surface area is 70.3 Å². The number of nitrogens with one attached hydrogen (secondary N) is 1. The van der Waals surface area contributed by atoms with Gasteiger partial charge in [0.1, 0.15) is 6.21 Å². The maximum Gasteiger partial charge on any atom is 0.266 e. The first-order chi connectivity index (χ1) is 5.83. The summed E-state index contributed by atoms with van der Waals surface area (Å²) in [6.07, 6.45) is 9.24. The average Bonchev–Trinajstić information content (AvgIpc) is 2.06. The van der Waals surface area contributed by atoms with Crippen LogP contribution in [-0.4, -0.2) is 23.4 Å². The first kappa shape index (κ1) is 8.52. The maximum atomic E-state index is 10.8. The standard InChI is InChI=1S/C8H10N2O2/c11-8(6-9-12)10-7-4-2-1-3-5-7/h1-4,6-7,12H,5H2,(H,10,11)/b9-6+. The fourth-order valence-corrected chi connectivity index (χ4v) is 0.960. The van der Waals surface area contributed by atoms with E-state index >= 15 is 0 Å². The van der Waals surface area contributed by atoms with Crippen molar-refractivity contribution in [3.8, 4) is 0 Å². The van der Waals surface area contributed by atoms with Crippen molar-refractivity contribution in [1.29, 1.82) is 0 Å². The van der Waals surface area contributed by atoms with Gasteiger partial charge < -0.3 is 10.5 Å². The van der Waals surface area contributed by atoms with Crippen molar-refractivity contribution in [2.75, 3.05) is 0 Å². The van der Waals surface area contributed by atoms with E-state index in [-0.39, 0.29) is 11.9 Å². The third-order valence-corrected chi connectivity index (χ3v) is 1.48. The lowest BCUT2D eigenvalue weighted by molar-refractivity contribution is -0.114. The Morgan fingerprint density at radius 2 is 2.50 bits per heavy atom. The first-order valence-corrected chi connectivity index (χ1v) is 3.64. The second kappa shape index (κ2) is 4.33. The summed E-state index contributed by atoms with van der Waals surface area (Å²) < 4.78 is 0. The number of carbonyl (C=O) groups excluding carboxylic acids is 1. The molecule has 2 N–H and O–H groups in total. The van der Waals surface area contributed by atoms with Crippen molar-refractivity contribution in [2.45, 2.75) is 12.5 Å². The van der Waals surface area contributed by atoms with E-state index in [0.29, 0.717) is 0 Å². The summed E-state index contributed by atoms with van der Waals surface area (Å²) in [5.74, 6) is -0.387. The van der Waals surface area contributed by atoms with Crippen molar-refractivity contribution >= 4 is 12.1 Å². The number of hydrogen-bond acceptors (Lipinski definition) is 3. The van der Waals surface area contributed by atoms with Crippen LogP contribution in [-0.2, 0) is 4.79 Å². The van der Waals surface area contributed by atoms with Crippen molar-refractivity contribution < 1.29 is 10.0 Å². The molecule has 1 atom stereocenters. The van der Waals surface area contributed by atoms with E-state index in [1.807, 2.05) is 24.3 Å². The second-order valence-corrected chi connectivity index (χ2v) is 2.41. The highest BCUT2D eigenvalue weighted by atomic mass is 16.4. The quantitative estimate of drug-likeness (QED) is 0.355. The molecule has 0 saturated heterocycles. The summed E-state index contributed by atoms with van der Waals surface area (Å²) in [4.78, 5) is 10.8. The van der Waals surface area contributed by atoms with Gasteiger partial charge in [-0.1, -0.05) is 29.5 Å². The molecule has 12 heavy (non-hydrogen) atoms. The summed E-state index contributed by atoms with van der Waals surface area (Å²) in [6, 6.07) is 0.0144. The molecule has 0 fully saturated rings.